The average molecular weight is 372 g/mol. The minimum Gasteiger partial charge on any atom is -0.369 e. The minimum absolute atomic E-state index is 0.0487. The van der Waals surface area contributed by atoms with E-state index >= 15 is 0 Å². The van der Waals surface area contributed by atoms with E-state index in [2.05, 4.69) is 14.8 Å². The van der Waals surface area contributed by atoms with Crippen molar-refractivity contribution in [1.29, 1.82) is 0 Å². The number of hydrogen-bond acceptors (Lipinski definition) is 4. The summed E-state index contributed by atoms with van der Waals surface area (Å²) in [4.78, 5) is 21.9. The van der Waals surface area contributed by atoms with Crippen LogP contribution in [0.3, 0.4) is 0 Å². The van der Waals surface area contributed by atoms with Gasteiger partial charge in [0.15, 0.2) is 5.78 Å². The number of pyridine rings is 1. The summed E-state index contributed by atoms with van der Waals surface area (Å²) in [6.45, 7) is 6.04. The predicted molar refractivity (Wildman–Crippen MR) is 107 cm³/mol. The number of benzene rings is 1. The molecule has 4 rings (SSSR count). The van der Waals surface area contributed by atoms with Crippen LogP contribution in [0, 0.1) is 0 Å². The summed E-state index contributed by atoms with van der Waals surface area (Å²) in [5.74, 6) is 0.0487. The highest BCUT2D eigenvalue weighted by Gasteiger charge is 2.28. The topological polar surface area (TPSA) is 36.4 Å². The summed E-state index contributed by atoms with van der Waals surface area (Å²) in [6, 6.07) is 6.38. The number of fused-ring (bicyclic) bond motifs is 1. The van der Waals surface area contributed by atoms with E-state index in [1.807, 2.05) is 18.2 Å². The van der Waals surface area contributed by atoms with Crippen LogP contribution in [-0.2, 0) is 0 Å². The van der Waals surface area contributed by atoms with Crippen LogP contribution in [0.2, 0.25) is 5.02 Å². The molecule has 5 heteroatoms. The molecular weight excluding hydrogens is 346 g/mol. The number of piperidine rings is 2. The number of carbonyl (C=O) groups is 1. The maximum absolute atomic E-state index is 12.3. The summed E-state index contributed by atoms with van der Waals surface area (Å²) in [5.41, 5.74) is 2.51. The van der Waals surface area contributed by atoms with Crippen LogP contribution in [-0.4, -0.2) is 47.9 Å². The van der Waals surface area contributed by atoms with E-state index in [1.54, 1.807) is 13.1 Å². The zero-order valence-corrected chi connectivity index (χ0v) is 16.1. The fourth-order valence-electron chi connectivity index (χ4n) is 4.51. The zero-order chi connectivity index (χ0) is 18.1. The monoisotopic (exact) mass is 371 g/mol. The number of anilines is 1. The van der Waals surface area contributed by atoms with Gasteiger partial charge in [-0.1, -0.05) is 18.0 Å². The van der Waals surface area contributed by atoms with Crippen LogP contribution in [0.5, 0.6) is 0 Å². The largest absolute Gasteiger partial charge is 0.369 e. The van der Waals surface area contributed by atoms with Crippen molar-refractivity contribution in [2.75, 3.05) is 31.1 Å². The van der Waals surface area contributed by atoms with Crippen LogP contribution in [0.4, 0.5) is 5.69 Å². The standard InChI is InChI=1S/C21H26ClN3O/c1-15(26)18-14-19(22)17-6-5-9-23-20(17)21(18)25-12-7-16(8-13-25)24-10-3-2-4-11-24/h5-6,9,14,16H,2-4,7-8,10-13H2,1H3. The number of aromatic nitrogens is 1. The molecule has 26 heavy (non-hydrogen) atoms. The SMILES string of the molecule is CC(=O)c1cc(Cl)c2cccnc2c1N1CCC(N2CCCCC2)CC1. The Bertz CT molecular complexity index is 808. The highest BCUT2D eigenvalue weighted by molar-refractivity contribution is 6.36. The second-order valence-electron chi connectivity index (χ2n) is 7.53. The molecule has 0 aliphatic carbocycles. The van der Waals surface area contributed by atoms with Gasteiger partial charge in [-0.25, -0.2) is 0 Å². The Labute approximate surface area is 160 Å². The molecule has 0 spiro atoms. The number of nitrogens with zero attached hydrogens (tertiary/aromatic N) is 3. The van der Waals surface area contributed by atoms with E-state index in [0.29, 0.717) is 16.6 Å². The number of ketones is 1. The summed E-state index contributed by atoms with van der Waals surface area (Å²) in [7, 11) is 0. The molecule has 138 valence electrons. The second kappa shape index (κ2) is 7.53. The molecule has 0 N–H and O–H groups in total. The fourth-order valence-corrected chi connectivity index (χ4v) is 4.78. The molecule has 0 radical (unpaired) electrons. The van der Waals surface area contributed by atoms with Crippen LogP contribution in [0.25, 0.3) is 10.9 Å². The first-order chi connectivity index (χ1) is 12.6. The van der Waals surface area contributed by atoms with Crippen LogP contribution in [0.15, 0.2) is 24.4 Å². The fraction of sp³-hybridized carbons (Fsp3) is 0.524. The summed E-state index contributed by atoms with van der Waals surface area (Å²) in [6.07, 6.45) is 8.12. The Morgan fingerprint density at radius 1 is 1.15 bits per heavy atom. The van der Waals surface area contributed by atoms with Gasteiger partial charge in [-0.15, -0.1) is 0 Å². The third-order valence-corrected chi connectivity index (χ3v) is 6.20. The molecule has 2 aromatic rings. The number of carbonyl (C=O) groups excluding carboxylic acids is 1. The maximum Gasteiger partial charge on any atom is 0.162 e. The first kappa shape index (κ1) is 17.7. The van der Waals surface area contributed by atoms with Gasteiger partial charge >= 0.3 is 0 Å². The molecular formula is C21H26ClN3O. The molecule has 3 heterocycles. The van der Waals surface area contributed by atoms with E-state index in [-0.39, 0.29) is 5.78 Å². The zero-order valence-electron chi connectivity index (χ0n) is 15.4. The van der Waals surface area contributed by atoms with Crippen molar-refractivity contribution in [1.82, 2.24) is 9.88 Å². The van der Waals surface area contributed by atoms with E-state index < -0.39 is 0 Å². The Hall–Kier alpha value is -1.65. The number of likely N-dealkylation sites (tertiary alicyclic amines) is 1. The molecule has 2 aliphatic heterocycles. The Balaban J connectivity index is 1.63. The number of Topliss-reactive ketones (excluding diaryl/α,β-unsaturated/α-hetero) is 1. The lowest BCUT2D eigenvalue weighted by molar-refractivity contribution is 0.101. The lowest BCUT2D eigenvalue weighted by atomic mass is 9.97. The lowest BCUT2D eigenvalue weighted by Gasteiger charge is -2.41. The van der Waals surface area contributed by atoms with Crippen molar-refractivity contribution in [2.24, 2.45) is 0 Å². The number of halogens is 1. The molecule has 1 aromatic heterocycles. The third kappa shape index (κ3) is 3.33. The smallest absolute Gasteiger partial charge is 0.162 e. The van der Waals surface area contributed by atoms with Gasteiger partial charge in [0.25, 0.3) is 0 Å². The predicted octanol–water partition coefficient (Wildman–Crippen LogP) is 4.55. The van der Waals surface area contributed by atoms with E-state index in [0.717, 1.165) is 42.5 Å². The van der Waals surface area contributed by atoms with Gasteiger partial charge in [0.05, 0.1) is 16.2 Å². The summed E-state index contributed by atoms with van der Waals surface area (Å²) < 4.78 is 0. The number of hydrogen-bond donors (Lipinski definition) is 0. The summed E-state index contributed by atoms with van der Waals surface area (Å²) >= 11 is 6.42. The van der Waals surface area contributed by atoms with Crippen molar-refractivity contribution in [3.63, 3.8) is 0 Å². The van der Waals surface area contributed by atoms with E-state index in [9.17, 15) is 4.79 Å². The highest BCUT2D eigenvalue weighted by atomic mass is 35.5. The summed E-state index contributed by atoms with van der Waals surface area (Å²) in [5, 5.41) is 1.53. The van der Waals surface area contributed by atoms with E-state index in [4.69, 9.17) is 11.6 Å². The van der Waals surface area contributed by atoms with Crippen molar-refractivity contribution in [3.8, 4) is 0 Å². The van der Waals surface area contributed by atoms with Gasteiger partial charge in [0.2, 0.25) is 0 Å². The Morgan fingerprint density at radius 2 is 1.88 bits per heavy atom. The molecule has 2 saturated heterocycles. The van der Waals surface area contributed by atoms with Gasteiger partial charge in [-0.2, -0.15) is 0 Å². The van der Waals surface area contributed by atoms with Gasteiger partial charge in [-0.3, -0.25) is 9.78 Å². The number of rotatable bonds is 3. The van der Waals surface area contributed by atoms with Crippen molar-refractivity contribution >= 4 is 34.0 Å². The normalized spacial score (nSPS) is 19.8. The Kier molecular flexibility index (Phi) is 5.14. The molecule has 0 atom stereocenters. The van der Waals surface area contributed by atoms with Crippen LogP contribution >= 0.6 is 11.6 Å². The highest BCUT2D eigenvalue weighted by Crippen LogP contribution is 2.36. The average Bonchev–Trinajstić information content (AvgIpc) is 2.69. The Morgan fingerprint density at radius 3 is 2.58 bits per heavy atom. The molecule has 0 amide bonds. The second-order valence-corrected chi connectivity index (χ2v) is 7.93. The molecule has 0 unspecified atom stereocenters. The van der Waals surface area contributed by atoms with Gasteiger partial charge in [0, 0.05) is 36.3 Å². The molecule has 4 nitrogen and oxygen atoms in total. The molecule has 0 bridgehead atoms. The van der Waals surface area contributed by atoms with E-state index in [1.165, 1.54) is 32.4 Å². The van der Waals surface area contributed by atoms with Crippen molar-refractivity contribution in [2.45, 2.75) is 45.1 Å². The van der Waals surface area contributed by atoms with Gasteiger partial charge < -0.3 is 9.80 Å². The van der Waals surface area contributed by atoms with Crippen LogP contribution in [0.1, 0.15) is 49.4 Å². The van der Waals surface area contributed by atoms with Crippen molar-refractivity contribution in [3.05, 3.63) is 35.0 Å². The van der Waals surface area contributed by atoms with Crippen molar-refractivity contribution < 1.29 is 4.79 Å². The minimum atomic E-state index is 0.0487. The first-order valence-electron chi connectivity index (χ1n) is 9.72. The first-order valence-corrected chi connectivity index (χ1v) is 10.1. The van der Waals surface area contributed by atoms with Gasteiger partial charge in [0.1, 0.15) is 0 Å². The molecule has 2 aliphatic rings. The quantitative estimate of drug-likeness (QED) is 0.742. The third-order valence-electron chi connectivity index (χ3n) is 5.88. The molecule has 0 saturated carbocycles. The van der Waals surface area contributed by atoms with Gasteiger partial charge in [-0.05, 0) is 63.9 Å². The maximum atomic E-state index is 12.3. The van der Waals surface area contributed by atoms with Crippen LogP contribution < -0.4 is 4.90 Å². The lowest BCUT2D eigenvalue weighted by Crippen LogP contribution is -2.47. The molecule has 2 fully saturated rings. The molecule has 1 aromatic carbocycles.